The molecule has 0 unspecified atom stereocenters. The van der Waals surface area contributed by atoms with Gasteiger partial charge in [0.05, 0.1) is 0 Å². The van der Waals surface area contributed by atoms with Crippen LogP contribution in [0, 0.1) is 0 Å². The Morgan fingerprint density at radius 2 is 1.74 bits per heavy atom. The second-order valence-corrected chi connectivity index (χ2v) is 6.53. The Morgan fingerprint density at radius 1 is 1.11 bits per heavy atom. The van der Waals surface area contributed by atoms with Crippen LogP contribution in [0.15, 0.2) is 24.3 Å². The van der Waals surface area contributed by atoms with Crippen molar-refractivity contribution in [2.24, 2.45) is 0 Å². The predicted octanol–water partition coefficient (Wildman–Crippen LogP) is 1.25. The molecule has 1 aliphatic rings. The second-order valence-electron chi connectivity index (χ2n) is 4.78. The van der Waals surface area contributed by atoms with Crippen molar-refractivity contribution in [3.8, 4) is 5.75 Å². The molecule has 1 saturated heterocycles. The van der Waals surface area contributed by atoms with Gasteiger partial charge in [-0.25, -0.2) is 4.72 Å². The number of nitrogens with zero attached hydrogens (tertiary/aromatic N) is 1. The number of phenolic OH excluding ortho intramolecular Hbond substituents is 1. The summed E-state index contributed by atoms with van der Waals surface area (Å²) >= 11 is 0. The smallest absolute Gasteiger partial charge is 0.279 e. The van der Waals surface area contributed by atoms with Crippen LogP contribution in [-0.4, -0.2) is 37.5 Å². The summed E-state index contributed by atoms with van der Waals surface area (Å²) in [6, 6.07) is 6.80. The quantitative estimate of drug-likeness (QED) is 0.855. The van der Waals surface area contributed by atoms with Crippen molar-refractivity contribution in [3.63, 3.8) is 0 Å². The summed E-state index contributed by atoms with van der Waals surface area (Å²) in [5, 5.41) is 9.16. The standard InChI is InChI=1S/C13H20N2O3S/c16-13-6-4-12(5-7-13)8-9-14-19(17,18)15-10-2-1-3-11-15/h4-7,14,16H,1-3,8-11H2. The predicted molar refractivity (Wildman–Crippen MR) is 74.2 cm³/mol. The molecule has 1 heterocycles. The minimum atomic E-state index is -3.33. The molecule has 0 spiro atoms. The molecule has 0 aromatic heterocycles. The second kappa shape index (κ2) is 6.36. The van der Waals surface area contributed by atoms with Gasteiger partial charge >= 0.3 is 0 Å². The fraction of sp³-hybridized carbons (Fsp3) is 0.538. The third kappa shape index (κ3) is 4.19. The molecule has 19 heavy (non-hydrogen) atoms. The normalized spacial score (nSPS) is 17.5. The number of hydrogen-bond donors (Lipinski definition) is 2. The van der Waals surface area contributed by atoms with Gasteiger partial charge in [-0.3, -0.25) is 0 Å². The first-order valence-corrected chi connectivity index (χ1v) is 8.04. The number of hydrogen-bond acceptors (Lipinski definition) is 3. The van der Waals surface area contributed by atoms with E-state index in [0.29, 0.717) is 26.1 Å². The molecule has 1 aromatic rings. The molecule has 2 rings (SSSR count). The van der Waals surface area contributed by atoms with E-state index in [4.69, 9.17) is 5.11 Å². The van der Waals surface area contributed by atoms with Crippen LogP contribution in [0.1, 0.15) is 24.8 Å². The SMILES string of the molecule is O=S(=O)(NCCc1ccc(O)cc1)N1CCCCC1. The summed E-state index contributed by atoms with van der Waals surface area (Å²) < 4.78 is 28.2. The topological polar surface area (TPSA) is 69.6 Å². The molecule has 6 heteroatoms. The summed E-state index contributed by atoms with van der Waals surface area (Å²) in [6.45, 7) is 1.62. The average molecular weight is 284 g/mol. The van der Waals surface area contributed by atoms with Crippen LogP contribution in [0.3, 0.4) is 0 Å². The first-order valence-electron chi connectivity index (χ1n) is 6.60. The molecular weight excluding hydrogens is 264 g/mol. The lowest BCUT2D eigenvalue weighted by molar-refractivity contribution is 0.342. The van der Waals surface area contributed by atoms with Gasteiger partial charge in [0, 0.05) is 19.6 Å². The van der Waals surface area contributed by atoms with E-state index in [9.17, 15) is 8.42 Å². The molecule has 2 N–H and O–H groups in total. The summed E-state index contributed by atoms with van der Waals surface area (Å²) in [5.41, 5.74) is 0.999. The Kier molecular flexibility index (Phi) is 4.79. The minimum absolute atomic E-state index is 0.220. The third-order valence-corrected chi connectivity index (χ3v) is 4.90. The van der Waals surface area contributed by atoms with Crippen molar-refractivity contribution in [3.05, 3.63) is 29.8 Å². The van der Waals surface area contributed by atoms with Crippen molar-refractivity contribution in [2.75, 3.05) is 19.6 Å². The van der Waals surface area contributed by atoms with E-state index >= 15 is 0 Å². The average Bonchev–Trinajstić information content (AvgIpc) is 2.42. The third-order valence-electron chi connectivity index (χ3n) is 3.29. The molecule has 1 fully saturated rings. The highest BCUT2D eigenvalue weighted by molar-refractivity contribution is 7.87. The molecule has 0 radical (unpaired) electrons. The highest BCUT2D eigenvalue weighted by Gasteiger charge is 2.22. The molecule has 0 atom stereocenters. The van der Waals surface area contributed by atoms with Crippen LogP contribution >= 0.6 is 0 Å². The van der Waals surface area contributed by atoms with Gasteiger partial charge in [-0.15, -0.1) is 0 Å². The van der Waals surface area contributed by atoms with Gasteiger partial charge in [-0.2, -0.15) is 12.7 Å². The Labute approximate surface area is 114 Å². The lowest BCUT2D eigenvalue weighted by Crippen LogP contribution is -2.43. The molecule has 106 valence electrons. The molecule has 0 saturated carbocycles. The number of piperidine rings is 1. The molecule has 1 aromatic carbocycles. The van der Waals surface area contributed by atoms with Gasteiger partial charge < -0.3 is 5.11 Å². The number of rotatable bonds is 5. The Bertz CT molecular complexity index is 493. The van der Waals surface area contributed by atoms with E-state index in [0.717, 1.165) is 24.8 Å². The molecule has 5 nitrogen and oxygen atoms in total. The van der Waals surface area contributed by atoms with Gasteiger partial charge in [-0.1, -0.05) is 18.6 Å². The Morgan fingerprint density at radius 3 is 2.37 bits per heavy atom. The van der Waals surface area contributed by atoms with Crippen LogP contribution in [0.5, 0.6) is 5.75 Å². The van der Waals surface area contributed by atoms with Gasteiger partial charge in [0.25, 0.3) is 10.2 Å². The van der Waals surface area contributed by atoms with E-state index in [-0.39, 0.29) is 5.75 Å². The number of aromatic hydroxyl groups is 1. The van der Waals surface area contributed by atoms with Gasteiger partial charge in [0.2, 0.25) is 0 Å². The Hall–Kier alpha value is -1.11. The number of phenols is 1. The van der Waals surface area contributed by atoms with E-state index in [1.807, 2.05) is 0 Å². The van der Waals surface area contributed by atoms with E-state index in [2.05, 4.69) is 4.72 Å². The van der Waals surface area contributed by atoms with Crippen molar-refractivity contribution < 1.29 is 13.5 Å². The highest BCUT2D eigenvalue weighted by atomic mass is 32.2. The molecule has 0 bridgehead atoms. The van der Waals surface area contributed by atoms with E-state index < -0.39 is 10.2 Å². The monoisotopic (exact) mass is 284 g/mol. The van der Waals surface area contributed by atoms with Gasteiger partial charge in [0.15, 0.2) is 0 Å². The summed E-state index contributed by atoms with van der Waals surface area (Å²) in [7, 11) is -3.33. The molecule has 0 aliphatic carbocycles. The number of benzene rings is 1. The minimum Gasteiger partial charge on any atom is -0.508 e. The maximum Gasteiger partial charge on any atom is 0.279 e. The van der Waals surface area contributed by atoms with Gasteiger partial charge in [0.1, 0.15) is 5.75 Å². The first-order chi connectivity index (χ1) is 9.08. The maximum atomic E-state index is 12.0. The van der Waals surface area contributed by atoms with Crippen molar-refractivity contribution in [1.29, 1.82) is 0 Å². The zero-order valence-corrected chi connectivity index (χ0v) is 11.7. The van der Waals surface area contributed by atoms with E-state index in [1.165, 1.54) is 4.31 Å². The molecule has 0 amide bonds. The summed E-state index contributed by atoms with van der Waals surface area (Å²) in [5.74, 6) is 0.220. The van der Waals surface area contributed by atoms with Crippen LogP contribution in [0.4, 0.5) is 0 Å². The fourth-order valence-corrected chi connectivity index (χ4v) is 3.47. The first kappa shape index (κ1) is 14.3. The highest BCUT2D eigenvalue weighted by Crippen LogP contribution is 2.12. The summed E-state index contributed by atoms with van der Waals surface area (Å²) in [4.78, 5) is 0. The lowest BCUT2D eigenvalue weighted by atomic mass is 10.1. The fourth-order valence-electron chi connectivity index (χ4n) is 2.18. The van der Waals surface area contributed by atoms with Crippen LogP contribution in [0.2, 0.25) is 0 Å². The zero-order chi connectivity index (χ0) is 13.7. The molecule has 1 aliphatic heterocycles. The largest absolute Gasteiger partial charge is 0.508 e. The van der Waals surface area contributed by atoms with Crippen molar-refractivity contribution in [1.82, 2.24) is 9.03 Å². The van der Waals surface area contributed by atoms with Crippen molar-refractivity contribution in [2.45, 2.75) is 25.7 Å². The van der Waals surface area contributed by atoms with Crippen LogP contribution in [-0.2, 0) is 16.6 Å². The zero-order valence-electron chi connectivity index (χ0n) is 10.9. The van der Waals surface area contributed by atoms with Crippen LogP contribution in [0.25, 0.3) is 0 Å². The Balaban J connectivity index is 1.82. The maximum absolute atomic E-state index is 12.0. The molecular formula is C13H20N2O3S. The number of nitrogens with one attached hydrogen (secondary N) is 1. The van der Waals surface area contributed by atoms with Crippen LogP contribution < -0.4 is 4.72 Å². The summed E-state index contributed by atoms with van der Waals surface area (Å²) in [6.07, 6.45) is 3.62. The lowest BCUT2D eigenvalue weighted by Gasteiger charge is -2.25. The van der Waals surface area contributed by atoms with Gasteiger partial charge in [-0.05, 0) is 37.0 Å². The van der Waals surface area contributed by atoms with Crippen molar-refractivity contribution >= 4 is 10.2 Å². The van der Waals surface area contributed by atoms with E-state index in [1.54, 1.807) is 24.3 Å².